The number of hydrogen-bond acceptors (Lipinski definition) is 2. The highest BCUT2D eigenvalue weighted by molar-refractivity contribution is 6.09. The van der Waals surface area contributed by atoms with Crippen LogP contribution in [0.5, 0.6) is 5.75 Å². The Morgan fingerprint density at radius 1 is 0.628 bits per heavy atom. The van der Waals surface area contributed by atoms with Gasteiger partial charge in [0, 0.05) is 11.1 Å². The van der Waals surface area contributed by atoms with Gasteiger partial charge in [0.05, 0.1) is 17.3 Å². The van der Waals surface area contributed by atoms with Crippen LogP contribution >= 0.6 is 0 Å². The molecule has 0 aromatic heterocycles. The van der Waals surface area contributed by atoms with Crippen molar-refractivity contribution in [2.75, 3.05) is 0 Å². The first-order valence-corrected chi connectivity index (χ1v) is 15.0. The lowest BCUT2D eigenvalue weighted by Gasteiger charge is -2.27. The van der Waals surface area contributed by atoms with Crippen molar-refractivity contribution < 1.29 is 4.74 Å². The normalized spacial score (nSPS) is 16.5. The third kappa shape index (κ3) is 4.56. The molecule has 2 nitrogen and oxygen atoms in total. The molecule has 206 valence electrons. The number of nitrogens with zero attached hydrogens (tertiary/aromatic N) is 1. The summed E-state index contributed by atoms with van der Waals surface area (Å²) in [5, 5.41) is 2.52. The molecule has 0 N–H and O–H groups in total. The summed E-state index contributed by atoms with van der Waals surface area (Å²) in [6.07, 6.45) is 3.89. The van der Waals surface area contributed by atoms with Gasteiger partial charge in [-0.3, -0.25) is 4.99 Å². The van der Waals surface area contributed by atoms with Crippen LogP contribution in [0.4, 0.5) is 5.69 Å². The number of hydrogen-bond donors (Lipinski definition) is 0. The Balaban J connectivity index is 1.11. The lowest BCUT2D eigenvalue weighted by atomic mass is 9.81. The first-order chi connectivity index (χ1) is 21.2. The monoisotopic (exact) mass is 553 g/mol. The second-order valence-electron chi connectivity index (χ2n) is 11.5. The maximum Gasteiger partial charge on any atom is 0.138 e. The molecule has 0 saturated heterocycles. The summed E-state index contributed by atoms with van der Waals surface area (Å²) in [5.74, 6) is 1.02. The number of benzene rings is 6. The van der Waals surface area contributed by atoms with E-state index in [0.29, 0.717) is 0 Å². The predicted octanol–water partition coefficient (Wildman–Crippen LogP) is 10.3. The molecule has 2 unspecified atom stereocenters. The molecule has 8 rings (SSSR count). The Morgan fingerprint density at radius 3 is 2.30 bits per heavy atom. The Kier molecular flexibility index (Phi) is 6.26. The summed E-state index contributed by atoms with van der Waals surface area (Å²) in [7, 11) is 0. The fourth-order valence-corrected chi connectivity index (χ4v) is 6.75. The van der Waals surface area contributed by atoms with E-state index in [1.54, 1.807) is 0 Å². The standard InChI is InChI=1S/C41H31NO/c1-2-28-10-3-4-11-29(28)20-18-27-19-21-32-25-33(23-22-31(32)24-27)30-12-9-13-34(26-30)40-39-36-15-6-8-17-38(36)43-41(39)35-14-5-7-16-37(35)42-40/h2-17,19,21-26,39,41H,1,18,20H2. The van der Waals surface area contributed by atoms with Crippen LogP contribution in [-0.2, 0) is 12.8 Å². The molecule has 2 aliphatic heterocycles. The fourth-order valence-electron chi connectivity index (χ4n) is 6.75. The number of ether oxygens (including phenoxy) is 1. The average Bonchev–Trinajstić information content (AvgIpc) is 3.47. The van der Waals surface area contributed by atoms with Gasteiger partial charge in [-0.2, -0.15) is 0 Å². The molecule has 6 aromatic carbocycles. The zero-order valence-corrected chi connectivity index (χ0v) is 23.9. The Labute approximate surface area is 252 Å². The van der Waals surface area contributed by atoms with Gasteiger partial charge >= 0.3 is 0 Å². The summed E-state index contributed by atoms with van der Waals surface area (Å²) in [4.78, 5) is 5.23. The van der Waals surface area contributed by atoms with Gasteiger partial charge in [-0.15, -0.1) is 0 Å². The largest absolute Gasteiger partial charge is 0.484 e. The smallest absolute Gasteiger partial charge is 0.138 e. The van der Waals surface area contributed by atoms with Crippen LogP contribution in [0.25, 0.3) is 28.0 Å². The van der Waals surface area contributed by atoms with Gasteiger partial charge in [0.1, 0.15) is 11.9 Å². The predicted molar refractivity (Wildman–Crippen MR) is 179 cm³/mol. The van der Waals surface area contributed by atoms with Gasteiger partial charge in [0.2, 0.25) is 0 Å². The van der Waals surface area contributed by atoms with Crippen molar-refractivity contribution in [3.8, 4) is 16.9 Å². The Bertz CT molecular complexity index is 2050. The molecule has 0 radical (unpaired) electrons. The molecule has 0 saturated carbocycles. The second-order valence-corrected chi connectivity index (χ2v) is 11.5. The van der Waals surface area contributed by atoms with Crippen molar-refractivity contribution >= 4 is 28.2 Å². The molecule has 0 amide bonds. The molecule has 2 heteroatoms. The van der Waals surface area contributed by atoms with Crippen LogP contribution in [0.15, 0.2) is 145 Å². The fraction of sp³-hybridized carbons (Fsp3) is 0.0976. The van der Waals surface area contributed by atoms with E-state index in [2.05, 4.69) is 134 Å². The average molecular weight is 554 g/mol. The van der Waals surface area contributed by atoms with Gasteiger partial charge in [-0.25, -0.2) is 0 Å². The van der Waals surface area contributed by atoms with Crippen molar-refractivity contribution in [3.63, 3.8) is 0 Å². The van der Waals surface area contributed by atoms with Gasteiger partial charge in [0.15, 0.2) is 0 Å². The molecule has 6 aromatic rings. The van der Waals surface area contributed by atoms with Crippen LogP contribution in [0, 0.1) is 0 Å². The first-order valence-electron chi connectivity index (χ1n) is 15.0. The van der Waals surface area contributed by atoms with Crippen LogP contribution in [0.1, 0.15) is 45.4 Å². The van der Waals surface area contributed by atoms with Crippen LogP contribution in [0.3, 0.4) is 0 Å². The SMILES string of the molecule is C=Cc1ccccc1CCc1ccc2cc(-c3cccc(C4=Nc5ccccc5C5Oc6ccccc6C45)c3)ccc2c1. The van der Waals surface area contributed by atoms with Crippen molar-refractivity contribution in [2.24, 2.45) is 4.99 Å². The van der Waals surface area contributed by atoms with Crippen molar-refractivity contribution in [1.29, 1.82) is 0 Å². The zero-order valence-electron chi connectivity index (χ0n) is 23.9. The number of aliphatic imine (C=N–C) groups is 1. The summed E-state index contributed by atoms with van der Waals surface area (Å²) in [6.45, 7) is 3.97. The highest BCUT2D eigenvalue weighted by atomic mass is 16.5. The molecular formula is C41H31NO. The molecule has 0 aliphatic carbocycles. The minimum absolute atomic E-state index is 0.0646. The van der Waals surface area contributed by atoms with Gasteiger partial charge in [-0.05, 0) is 81.3 Å². The quantitative estimate of drug-likeness (QED) is 0.201. The Hall–Kier alpha value is -5.21. The van der Waals surface area contributed by atoms with Crippen LogP contribution < -0.4 is 4.74 Å². The molecular weight excluding hydrogens is 522 g/mol. The van der Waals surface area contributed by atoms with Crippen molar-refractivity contribution in [3.05, 3.63) is 173 Å². The number of aryl methyl sites for hydroxylation is 2. The second kappa shape index (κ2) is 10.6. The lowest BCUT2D eigenvalue weighted by molar-refractivity contribution is 0.229. The highest BCUT2D eigenvalue weighted by Gasteiger charge is 2.42. The van der Waals surface area contributed by atoms with E-state index in [0.717, 1.165) is 41.1 Å². The highest BCUT2D eigenvalue weighted by Crippen LogP contribution is 2.52. The molecule has 2 atom stereocenters. The summed E-state index contributed by atoms with van der Waals surface area (Å²) >= 11 is 0. The van der Waals surface area contributed by atoms with E-state index in [1.807, 2.05) is 12.1 Å². The Morgan fingerprint density at radius 2 is 1.37 bits per heavy atom. The van der Waals surface area contributed by atoms with Crippen LogP contribution in [-0.4, -0.2) is 5.71 Å². The molecule has 0 fully saturated rings. The maximum absolute atomic E-state index is 6.53. The maximum atomic E-state index is 6.53. The minimum Gasteiger partial charge on any atom is -0.484 e. The van der Waals surface area contributed by atoms with Gasteiger partial charge in [-0.1, -0.05) is 122 Å². The topological polar surface area (TPSA) is 21.6 Å². The first kappa shape index (κ1) is 25.5. The zero-order chi connectivity index (χ0) is 28.8. The summed E-state index contributed by atoms with van der Waals surface area (Å²) < 4.78 is 6.53. The van der Waals surface area contributed by atoms with E-state index >= 15 is 0 Å². The number of para-hydroxylation sites is 2. The van der Waals surface area contributed by atoms with E-state index in [-0.39, 0.29) is 12.0 Å². The molecule has 2 aliphatic rings. The van der Waals surface area contributed by atoms with E-state index < -0.39 is 0 Å². The van der Waals surface area contributed by atoms with Crippen LogP contribution in [0.2, 0.25) is 0 Å². The van der Waals surface area contributed by atoms with Gasteiger partial charge < -0.3 is 4.74 Å². The van der Waals surface area contributed by atoms with E-state index in [1.165, 1.54) is 44.2 Å². The summed E-state index contributed by atoms with van der Waals surface area (Å²) in [5.41, 5.74) is 11.9. The van der Waals surface area contributed by atoms with E-state index in [9.17, 15) is 0 Å². The third-order valence-corrected chi connectivity index (χ3v) is 8.94. The number of rotatable bonds is 6. The third-order valence-electron chi connectivity index (χ3n) is 8.94. The summed E-state index contributed by atoms with van der Waals surface area (Å²) in [6, 6.07) is 47.8. The van der Waals surface area contributed by atoms with Crippen molar-refractivity contribution in [1.82, 2.24) is 0 Å². The minimum atomic E-state index is -0.0649. The molecule has 43 heavy (non-hydrogen) atoms. The van der Waals surface area contributed by atoms with Crippen molar-refractivity contribution in [2.45, 2.75) is 24.9 Å². The van der Waals surface area contributed by atoms with Gasteiger partial charge in [0.25, 0.3) is 0 Å². The molecule has 2 heterocycles. The lowest BCUT2D eigenvalue weighted by Crippen LogP contribution is -2.23. The molecule has 0 bridgehead atoms. The number of fused-ring (bicyclic) bond motifs is 6. The molecule has 0 spiro atoms. The van der Waals surface area contributed by atoms with E-state index in [4.69, 9.17) is 9.73 Å².